The highest BCUT2D eigenvalue weighted by Gasteiger charge is 2.36. The van der Waals surface area contributed by atoms with E-state index in [1.165, 1.54) is 17.5 Å². The van der Waals surface area contributed by atoms with Crippen molar-refractivity contribution in [2.75, 3.05) is 16.6 Å². The third-order valence-electron chi connectivity index (χ3n) is 2.79. The van der Waals surface area contributed by atoms with E-state index in [4.69, 9.17) is 4.42 Å². The molecule has 0 radical (unpaired) electrons. The smallest absolute Gasteiger partial charge is 0.256 e. The Morgan fingerprint density at radius 1 is 1.37 bits per heavy atom. The lowest BCUT2D eigenvalue weighted by Crippen LogP contribution is -2.24. The van der Waals surface area contributed by atoms with Crippen LogP contribution in [-0.2, 0) is 10.0 Å². The topological polar surface area (TPSA) is 104 Å². The molecular formula is C10H10N2O5S2. The van der Waals surface area contributed by atoms with Crippen molar-refractivity contribution in [1.82, 2.24) is 4.98 Å². The van der Waals surface area contributed by atoms with E-state index in [2.05, 4.69) is 4.98 Å². The Morgan fingerprint density at radius 3 is 2.74 bits per heavy atom. The third kappa shape index (κ3) is 1.85. The number of anilines is 1. The maximum Gasteiger partial charge on any atom is 0.256 e. The minimum atomic E-state index is -3.48. The Labute approximate surface area is 112 Å². The van der Waals surface area contributed by atoms with Crippen LogP contribution in [0.25, 0.3) is 10.8 Å². The van der Waals surface area contributed by atoms with Gasteiger partial charge in [0.1, 0.15) is 0 Å². The molecule has 0 spiro atoms. The summed E-state index contributed by atoms with van der Waals surface area (Å²) in [7, 11) is -3.48. The monoisotopic (exact) mass is 302 g/mol. The number of furan rings is 1. The highest BCUT2D eigenvalue weighted by Crippen LogP contribution is 2.48. The van der Waals surface area contributed by atoms with Gasteiger partial charge < -0.3 is 14.6 Å². The van der Waals surface area contributed by atoms with Crippen molar-refractivity contribution in [2.45, 2.75) is 6.42 Å². The van der Waals surface area contributed by atoms with E-state index in [-0.39, 0.29) is 23.9 Å². The van der Waals surface area contributed by atoms with Crippen molar-refractivity contribution in [3.8, 4) is 22.3 Å². The number of aromatic nitrogens is 1. The molecule has 2 aromatic rings. The van der Waals surface area contributed by atoms with Crippen molar-refractivity contribution < 1.29 is 23.0 Å². The normalized spacial score (nSPS) is 18.0. The molecule has 1 aliphatic heterocycles. The molecule has 0 amide bonds. The number of hydrogen-bond acceptors (Lipinski definition) is 7. The van der Waals surface area contributed by atoms with E-state index >= 15 is 0 Å². The number of hydrogen-bond donors (Lipinski definition) is 2. The van der Waals surface area contributed by atoms with Crippen LogP contribution in [0.4, 0.5) is 5.88 Å². The Bertz CT molecular complexity index is 705. The molecule has 0 bridgehead atoms. The average Bonchev–Trinajstić information content (AvgIpc) is 3.03. The molecule has 3 rings (SSSR count). The maximum absolute atomic E-state index is 11.8. The molecule has 0 atom stereocenters. The molecule has 0 aliphatic carbocycles. The van der Waals surface area contributed by atoms with Crippen LogP contribution in [0.2, 0.25) is 0 Å². The predicted molar refractivity (Wildman–Crippen MR) is 68.9 cm³/mol. The number of rotatable bonds is 2. The minimum Gasteiger partial charge on any atom is -0.501 e. The van der Waals surface area contributed by atoms with Gasteiger partial charge in [0, 0.05) is 18.1 Å². The minimum absolute atomic E-state index is 0.000483. The van der Waals surface area contributed by atoms with Crippen molar-refractivity contribution in [2.24, 2.45) is 0 Å². The second kappa shape index (κ2) is 4.14. The van der Waals surface area contributed by atoms with Gasteiger partial charge in [0.2, 0.25) is 27.3 Å². The summed E-state index contributed by atoms with van der Waals surface area (Å²) in [6.07, 6.45) is 1.97. The molecule has 2 N–H and O–H groups in total. The van der Waals surface area contributed by atoms with Crippen LogP contribution in [0.1, 0.15) is 6.42 Å². The van der Waals surface area contributed by atoms with Crippen molar-refractivity contribution in [1.29, 1.82) is 0 Å². The highest BCUT2D eigenvalue weighted by molar-refractivity contribution is 7.93. The first kappa shape index (κ1) is 12.3. The van der Waals surface area contributed by atoms with E-state index in [0.29, 0.717) is 11.4 Å². The van der Waals surface area contributed by atoms with Gasteiger partial charge in [-0.3, -0.25) is 0 Å². The van der Waals surface area contributed by atoms with Crippen LogP contribution >= 0.6 is 11.3 Å². The molecule has 1 aliphatic rings. The Morgan fingerprint density at radius 2 is 2.16 bits per heavy atom. The fourth-order valence-corrected chi connectivity index (χ4v) is 4.04. The summed E-state index contributed by atoms with van der Waals surface area (Å²) in [6.45, 7) is 0.222. The number of sulfonamides is 1. The fourth-order valence-electron chi connectivity index (χ4n) is 1.92. The van der Waals surface area contributed by atoms with Crippen LogP contribution in [0.3, 0.4) is 0 Å². The SMILES string of the molecule is O=S1(=O)CCCN1c1oc(-c2nccs2)c(O)c1O. The first-order valence-corrected chi connectivity index (χ1v) is 7.94. The van der Waals surface area contributed by atoms with Gasteiger partial charge in [0.15, 0.2) is 5.01 Å². The molecule has 9 heteroatoms. The quantitative estimate of drug-likeness (QED) is 0.868. The molecule has 0 unspecified atom stereocenters. The molecular weight excluding hydrogens is 292 g/mol. The second-order valence-corrected chi connectivity index (χ2v) is 6.92. The van der Waals surface area contributed by atoms with Crippen molar-refractivity contribution in [3.63, 3.8) is 0 Å². The van der Waals surface area contributed by atoms with Crippen molar-refractivity contribution in [3.05, 3.63) is 11.6 Å². The summed E-state index contributed by atoms with van der Waals surface area (Å²) in [4.78, 5) is 3.95. The van der Waals surface area contributed by atoms with Gasteiger partial charge in [0.05, 0.1) is 5.75 Å². The van der Waals surface area contributed by atoms with E-state index < -0.39 is 21.5 Å². The molecule has 0 saturated carbocycles. The summed E-state index contributed by atoms with van der Waals surface area (Å²) >= 11 is 1.21. The Hall–Kier alpha value is -1.74. The van der Waals surface area contributed by atoms with Gasteiger partial charge in [-0.2, -0.15) is 0 Å². The zero-order chi connectivity index (χ0) is 13.6. The van der Waals surface area contributed by atoms with Gasteiger partial charge in [-0.1, -0.05) is 0 Å². The summed E-state index contributed by atoms with van der Waals surface area (Å²) in [6, 6.07) is 0. The first-order chi connectivity index (χ1) is 9.00. The van der Waals surface area contributed by atoms with Crippen LogP contribution in [-0.4, -0.2) is 35.9 Å². The Balaban J connectivity index is 2.12. The summed E-state index contributed by atoms with van der Waals surface area (Å²) < 4.78 is 29.8. The second-order valence-electron chi connectivity index (χ2n) is 4.01. The summed E-state index contributed by atoms with van der Waals surface area (Å²) in [5.74, 6) is -1.34. The van der Waals surface area contributed by atoms with E-state index in [1.54, 1.807) is 5.38 Å². The number of nitrogens with zero attached hydrogens (tertiary/aromatic N) is 2. The average molecular weight is 302 g/mol. The molecule has 3 heterocycles. The lowest BCUT2D eigenvalue weighted by atomic mass is 10.4. The molecule has 1 saturated heterocycles. The Kier molecular flexibility index (Phi) is 2.68. The lowest BCUT2D eigenvalue weighted by Gasteiger charge is -2.12. The zero-order valence-electron chi connectivity index (χ0n) is 9.61. The first-order valence-electron chi connectivity index (χ1n) is 5.45. The van der Waals surface area contributed by atoms with Crippen LogP contribution in [0, 0.1) is 0 Å². The molecule has 0 aromatic carbocycles. The summed E-state index contributed by atoms with van der Waals surface area (Å²) in [5.41, 5.74) is 0. The van der Waals surface area contributed by atoms with E-state index in [9.17, 15) is 18.6 Å². The molecule has 19 heavy (non-hydrogen) atoms. The van der Waals surface area contributed by atoms with Gasteiger partial charge in [-0.05, 0) is 6.42 Å². The van der Waals surface area contributed by atoms with E-state index in [0.717, 1.165) is 4.31 Å². The van der Waals surface area contributed by atoms with Crippen molar-refractivity contribution >= 4 is 27.2 Å². The number of aromatic hydroxyl groups is 2. The zero-order valence-corrected chi connectivity index (χ0v) is 11.2. The van der Waals surface area contributed by atoms with Crippen LogP contribution in [0.15, 0.2) is 16.0 Å². The fraction of sp³-hybridized carbons (Fsp3) is 0.300. The maximum atomic E-state index is 11.8. The third-order valence-corrected chi connectivity index (χ3v) is 5.39. The summed E-state index contributed by atoms with van der Waals surface area (Å²) in [5, 5.41) is 21.7. The molecule has 1 fully saturated rings. The molecule has 7 nitrogen and oxygen atoms in total. The number of thiazole rings is 1. The van der Waals surface area contributed by atoms with Crippen LogP contribution < -0.4 is 4.31 Å². The molecule has 102 valence electrons. The highest BCUT2D eigenvalue weighted by atomic mass is 32.2. The van der Waals surface area contributed by atoms with Crippen LogP contribution in [0.5, 0.6) is 11.5 Å². The largest absolute Gasteiger partial charge is 0.501 e. The van der Waals surface area contributed by atoms with Gasteiger partial charge >= 0.3 is 0 Å². The van der Waals surface area contributed by atoms with E-state index in [1.807, 2.05) is 0 Å². The molecule has 2 aromatic heterocycles. The van der Waals surface area contributed by atoms with Gasteiger partial charge in [-0.25, -0.2) is 17.7 Å². The predicted octanol–water partition coefficient (Wildman–Crippen LogP) is 1.35. The van der Waals surface area contributed by atoms with Gasteiger partial charge in [0.25, 0.3) is 5.88 Å². The lowest BCUT2D eigenvalue weighted by molar-refractivity contribution is 0.409. The standard InChI is InChI=1S/C10H10N2O5S2/c13-6-7(14)10(12-3-1-5-19(12,15)16)17-8(6)9-11-2-4-18-9/h2,4,13-14H,1,3,5H2. The van der Waals surface area contributed by atoms with Gasteiger partial charge in [-0.15, -0.1) is 11.3 Å².